The van der Waals surface area contributed by atoms with E-state index in [1.54, 1.807) is 0 Å². The van der Waals surface area contributed by atoms with Gasteiger partial charge < -0.3 is 0 Å². The molecule has 0 fully saturated rings. The lowest BCUT2D eigenvalue weighted by molar-refractivity contribution is 0.0991. The van der Waals surface area contributed by atoms with Crippen LogP contribution in [0.4, 0.5) is 4.39 Å². The Morgan fingerprint density at radius 3 is 2.13 bits per heavy atom. The molecule has 82 valence electrons. The smallest absolute Gasteiger partial charge is 0.180 e. The van der Waals surface area contributed by atoms with E-state index in [-0.39, 0.29) is 5.56 Å². The second-order valence-electron chi connectivity index (χ2n) is 3.34. The van der Waals surface area contributed by atoms with Gasteiger partial charge in [-0.2, -0.15) is 0 Å². The molecule has 1 aromatic carbocycles. The number of ketones is 1. The molecule has 0 N–H and O–H groups in total. The zero-order valence-corrected chi connectivity index (χ0v) is 9.21. The highest BCUT2D eigenvalue weighted by atomic mass is 32.2. The molecule has 0 saturated heterocycles. The van der Waals surface area contributed by atoms with Crippen LogP contribution in [0.2, 0.25) is 0 Å². The Labute approximate surface area is 87.8 Å². The lowest BCUT2D eigenvalue weighted by atomic mass is 10.1. The van der Waals surface area contributed by atoms with E-state index in [1.807, 2.05) is 0 Å². The van der Waals surface area contributed by atoms with Crippen molar-refractivity contribution in [2.24, 2.45) is 0 Å². The summed E-state index contributed by atoms with van der Waals surface area (Å²) in [6.07, 6.45) is 0.999. The normalized spacial score (nSPS) is 13.5. The standard InChI is InChI=1S/C10H11FO3S/c1-7(15(2,13)14)10(12)8-3-5-9(11)6-4-8/h3-7H,1-2H3. The summed E-state index contributed by atoms with van der Waals surface area (Å²) in [6, 6.07) is 4.81. The van der Waals surface area contributed by atoms with Crippen LogP contribution in [-0.4, -0.2) is 25.7 Å². The summed E-state index contributed by atoms with van der Waals surface area (Å²) >= 11 is 0. The molecule has 0 aliphatic carbocycles. The summed E-state index contributed by atoms with van der Waals surface area (Å²) in [5, 5.41) is -1.09. The first-order chi connectivity index (χ1) is 6.82. The summed E-state index contributed by atoms with van der Waals surface area (Å²) in [5.74, 6) is -0.976. The average molecular weight is 230 g/mol. The zero-order valence-electron chi connectivity index (χ0n) is 8.40. The van der Waals surface area contributed by atoms with Crippen LogP contribution in [0.5, 0.6) is 0 Å². The first-order valence-electron chi connectivity index (χ1n) is 4.31. The van der Waals surface area contributed by atoms with Crippen LogP contribution >= 0.6 is 0 Å². The molecule has 0 bridgehead atoms. The fraction of sp³-hybridized carbons (Fsp3) is 0.300. The monoisotopic (exact) mass is 230 g/mol. The van der Waals surface area contributed by atoms with Crippen LogP contribution in [0.3, 0.4) is 0 Å². The van der Waals surface area contributed by atoms with Gasteiger partial charge >= 0.3 is 0 Å². The van der Waals surface area contributed by atoms with Crippen LogP contribution in [0, 0.1) is 5.82 Å². The Morgan fingerprint density at radius 1 is 1.27 bits per heavy atom. The molecule has 0 radical (unpaired) electrons. The van der Waals surface area contributed by atoms with Gasteiger partial charge in [-0.1, -0.05) is 0 Å². The Morgan fingerprint density at radius 2 is 1.73 bits per heavy atom. The van der Waals surface area contributed by atoms with Gasteiger partial charge in [-0.25, -0.2) is 12.8 Å². The van der Waals surface area contributed by atoms with Crippen LogP contribution in [0.25, 0.3) is 0 Å². The molecule has 1 unspecified atom stereocenters. The largest absolute Gasteiger partial charge is 0.293 e. The molecule has 0 heterocycles. The molecule has 0 saturated carbocycles. The first kappa shape index (κ1) is 11.8. The van der Waals surface area contributed by atoms with Gasteiger partial charge in [-0.05, 0) is 31.2 Å². The Hall–Kier alpha value is -1.23. The van der Waals surface area contributed by atoms with Gasteiger partial charge in [0.2, 0.25) is 0 Å². The van der Waals surface area contributed by atoms with Crippen molar-refractivity contribution in [2.45, 2.75) is 12.2 Å². The van der Waals surface area contributed by atoms with E-state index >= 15 is 0 Å². The molecule has 5 heteroatoms. The predicted octanol–water partition coefficient (Wildman–Crippen LogP) is 1.44. The van der Waals surface area contributed by atoms with Crippen molar-refractivity contribution < 1.29 is 17.6 Å². The van der Waals surface area contributed by atoms with Crippen molar-refractivity contribution >= 4 is 15.6 Å². The molecular weight excluding hydrogens is 219 g/mol. The van der Waals surface area contributed by atoms with Crippen molar-refractivity contribution in [2.75, 3.05) is 6.26 Å². The van der Waals surface area contributed by atoms with E-state index in [0.29, 0.717) is 0 Å². The van der Waals surface area contributed by atoms with Gasteiger partial charge in [0.15, 0.2) is 15.6 Å². The lowest BCUT2D eigenvalue weighted by Crippen LogP contribution is -2.26. The molecule has 15 heavy (non-hydrogen) atoms. The highest BCUT2D eigenvalue weighted by Crippen LogP contribution is 2.10. The minimum absolute atomic E-state index is 0.203. The summed E-state index contributed by atoms with van der Waals surface area (Å²) < 4.78 is 34.8. The lowest BCUT2D eigenvalue weighted by Gasteiger charge is -2.07. The van der Waals surface area contributed by atoms with Gasteiger partial charge in [0.25, 0.3) is 0 Å². The molecule has 1 rings (SSSR count). The molecule has 0 spiro atoms. The van der Waals surface area contributed by atoms with E-state index < -0.39 is 26.7 Å². The predicted molar refractivity (Wildman–Crippen MR) is 55.0 cm³/mol. The molecular formula is C10H11FO3S. The van der Waals surface area contributed by atoms with Gasteiger partial charge in [0.1, 0.15) is 11.1 Å². The second kappa shape index (κ2) is 4.10. The molecule has 0 aliphatic heterocycles. The molecule has 0 amide bonds. The third-order valence-electron chi connectivity index (χ3n) is 2.14. The molecule has 0 aliphatic rings. The number of sulfone groups is 1. The van der Waals surface area contributed by atoms with Gasteiger partial charge in [0, 0.05) is 11.8 Å². The molecule has 1 aromatic rings. The number of hydrogen-bond donors (Lipinski definition) is 0. The number of Topliss-reactive ketones (excluding diaryl/α,β-unsaturated/α-hetero) is 1. The maximum absolute atomic E-state index is 12.6. The summed E-state index contributed by atoms with van der Waals surface area (Å²) in [4.78, 5) is 11.6. The van der Waals surface area contributed by atoms with Crippen molar-refractivity contribution in [3.05, 3.63) is 35.6 Å². The van der Waals surface area contributed by atoms with Crippen LogP contribution in [0.15, 0.2) is 24.3 Å². The van der Waals surface area contributed by atoms with Crippen molar-refractivity contribution in [1.82, 2.24) is 0 Å². The first-order valence-corrected chi connectivity index (χ1v) is 6.26. The Balaban J connectivity index is 3.01. The minimum Gasteiger partial charge on any atom is -0.293 e. The summed E-state index contributed by atoms with van der Waals surface area (Å²) in [6.45, 7) is 1.32. The molecule has 0 aromatic heterocycles. The third-order valence-corrected chi connectivity index (χ3v) is 3.64. The number of rotatable bonds is 3. The fourth-order valence-corrected chi connectivity index (χ4v) is 1.57. The van der Waals surface area contributed by atoms with Gasteiger partial charge in [0.05, 0.1) is 0 Å². The van der Waals surface area contributed by atoms with Crippen molar-refractivity contribution in [3.63, 3.8) is 0 Å². The average Bonchev–Trinajstić information content (AvgIpc) is 2.15. The van der Waals surface area contributed by atoms with E-state index in [2.05, 4.69) is 0 Å². The van der Waals surface area contributed by atoms with Crippen molar-refractivity contribution in [1.29, 1.82) is 0 Å². The van der Waals surface area contributed by atoms with Crippen LogP contribution in [0.1, 0.15) is 17.3 Å². The topological polar surface area (TPSA) is 51.2 Å². The number of benzene rings is 1. The van der Waals surface area contributed by atoms with Gasteiger partial charge in [-0.3, -0.25) is 4.79 Å². The van der Waals surface area contributed by atoms with E-state index in [9.17, 15) is 17.6 Å². The van der Waals surface area contributed by atoms with Crippen LogP contribution < -0.4 is 0 Å². The van der Waals surface area contributed by atoms with E-state index in [0.717, 1.165) is 18.4 Å². The number of carbonyl (C=O) groups excluding carboxylic acids is 1. The molecule has 1 atom stereocenters. The number of halogens is 1. The van der Waals surface area contributed by atoms with Crippen LogP contribution in [-0.2, 0) is 9.84 Å². The highest BCUT2D eigenvalue weighted by Gasteiger charge is 2.24. The maximum Gasteiger partial charge on any atom is 0.180 e. The SMILES string of the molecule is CC(C(=O)c1ccc(F)cc1)S(C)(=O)=O. The summed E-state index contributed by atoms with van der Waals surface area (Å²) in [7, 11) is -3.40. The number of carbonyl (C=O) groups is 1. The summed E-state index contributed by atoms with van der Waals surface area (Å²) in [5.41, 5.74) is 0.203. The maximum atomic E-state index is 12.6. The second-order valence-corrected chi connectivity index (χ2v) is 5.71. The quantitative estimate of drug-likeness (QED) is 0.738. The Kier molecular flexibility index (Phi) is 3.24. The fourth-order valence-electron chi connectivity index (χ4n) is 1.04. The van der Waals surface area contributed by atoms with Crippen molar-refractivity contribution in [3.8, 4) is 0 Å². The zero-order chi connectivity index (χ0) is 11.6. The Bertz CT molecular complexity index is 462. The highest BCUT2D eigenvalue weighted by molar-refractivity contribution is 7.92. The van der Waals surface area contributed by atoms with E-state index in [4.69, 9.17) is 0 Å². The van der Waals surface area contributed by atoms with Gasteiger partial charge in [-0.15, -0.1) is 0 Å². The number of hydrogen-bond acceptors (Lipinski definition) is 3. The minimum atomic E-state index is -3.40. The molecule has 3 nitrogen and oxygen atoms in total. The third kappa shape index (κ3) is 2.86. The van der Waals surface area contributed by atoms with E-state index in [1.165, 1.54) is 19.1 Å².